The zero-order valence-electron chi connectivity index (χ0n) is 10.6. The van der Waals surface area contributed by atoms with E-state index in [4.69, 9.17) is 9.15 Å². The van der Waals surface area contributed by atoms with Gasteiger partial charge in [-0.25, -0.2) is 8.78 Å². The molecule has 4 nitrogen and oxygen atoms in total. The normalized spacial score (nSPS) is 21.2. The van der Waals surface area contributed by atoms with Crippen LogP contribution in [-0.4, -0.2) is 24.1 Å². The van der Waals surface area contributed by atoms with E-state index < -0.39 is 30.1 Å². The second kappa shape index (κ2) is 4.92. The van der Waals surface area contributed by atoms with Crippen molar-refractivity contribution in [1.29, 1.82) is 0 Å². The number of alkyl halides is 2. The van der Waals surface area contributed by atoms with Crippen LogP contribution in [0.5, 0.6) is 0 Å². The van der Waals surface area contributed by atoms with Crippen molar-refractivity contribution in [3.63, 3.8) is 0 Å². The van der Waals surface area contributed by atoms with Gasteiger partial charge < -0.3 is 14.3 Å². The van der Waals surface area contributed by atoms with Gasteiger partial charge in [-0.05, 0) is 18.9 Å². The molecular weight excluding hydrogens is 258 g/mol. The highest BCUT2D eigenvalue weighted by Crippen LogP contribution is 2.46. The summed E-state index contributed by atoms with van der Waals surface area (Å²) in [5.74, 6) is -3.65. The summed E-state index contributed by atoms with van der Waals surface area (Å²) in [7, 11) is 1.49. The van der Waals surface area contributed by atoms with Gasteiger partial charge in [-0.15, -0.1) is 0 Å². The van der Waals surface area contributed by atoms with Crippen molar-refractivity contribution in [3.8, 4) is 0 Å². The first-order valence-corrected chi connectivity index (χ1v) is 6.08. The number of carboxylic acids is 1. The van der Waals surface area contributed by atoms with Crippen molar-refractivity contribution in [3.05, 3.63) is 23.7 Å². The average Bonchev–Trinajstić information content (AvgIpc) is 2.78. The predicted octanol–water partition coefficient (Wildman–Crippen LogP) is 2.96. The summed E-state index contributed by atoms with van der Waals surface area (Å²) < 4.78 is 36.8. The third-order valence-corrected chi connectivity index (χ3v) is 3.73. The largest absolute Gasteiger partial charge is 0.480 e. The Hall–Kier alpha value is -1.43. The summed E-state index contributed by atoms with van der Waals surface area (Å²) in [6, 6.07) is 1.62. The standard InChI is InChI=1S/C13H16F2O4/c1-18-8-9-2-7-19-10(9)12(11(16)17)3-5-13(14,15)6-4-12/h2,7H,3-6,8H2,1H3,(H,16,17). The van der Waals surface area contributed by atoms with Crippen molar-refractivity contribution in [2.45, 2.75) is 43.6 Å². The van der Waals surface area contributed by atoms with Crippen LogP contribution in [0.2, 0.25) is 0 Å². The van der Waals surface area contributed by atoms with Crippen LogP contribution < -0.4 is 0 Å². The fraction of sp³-hybridized carbons (Fsp3) is 0.615. The number of carboxylic acid groups (broad SMARTS) is 1. The fourth-order valence-electron chi connectivity index (χ4n) is 2.61. The lowest BCUT2D eigenvalue weighted by atomic mass is 9.70. The van der Waals surface area contributed by atoms with Gasteiger partial charge >= 0.3 is 5.97 Å². The molecule has 1 aliphatic rings. The topological polar surface area (TPSA) is 59.7 Å². The lowest BCUT2D eigenvalue weighted by Gasteiger charge is -2.35. The van der Waals surface area contributed by atoms with Crippen LogP contribution in [0.1, 0.15) is 37.0 Å². The molecule has 0 spiro atoms. The van der Waals surface area contributed by atoms with Crippen LogP contribution in [0.4, 0.5) is 8.78 Å². The number of halogens is 2. The molecule has 0 radical (unpaired) electrons. The van der Waals surface area contributed by atoms with E-state index >= 15 is 0 Å². The molecule has 1 aliphatic carbocycles. The van der Waals surface area contributed by atoms with Crippen LogP contribution in [-0.2, 0) is 21.6 Å². The monoisotopic (exact) mass is 274 g/mol. The molecule has 1 aromatic rings. The quantitative estimate of drug-likeness (QED) is 0.917. The highest BCUT2D eigenvalue weighted by atomic mass is 19.3. The summed E-state index contributed by atoms with van der Waals surface area (Å²) in [6.07, 6.45) is 0.249. The number of hydrogen-bond donors (Lipinski definition) is 1. The Bertz CT molecular complexity index is 457. The molecule has 0 aliphatic heterocycles. The molecule has 0 saturated heterocycles. The molecule has 1 fully saturated rings. The summed E-state index contributed by atoms with van der Waals surface area (Å²) >= 11 is 0. The van der Waals surface area contributed by atoms with Crippen LogP contribution in [0, 0.1) is 0 Å². The molecule has 1 N–H and O–H groups in total. The minimum Gasteiger partial charge on any atom is -0.480 e. The number of rotatable bonds is 4. The molecule has 0 bridgehead atoms. The van der Waals surface area contributed by atoms with Gasteiger partial charge in [0.05, 0.1) is 12.9 Å². The minimum atomic E-state index is -2.78. The van der Waals surface area contributed by atoms with Crippen LogP contribution in [0.25, 0.3) is 0 Å². The van der Waals surface area contributed by atoms with E-state index in [-0.39, 0.29) is 25.2 Å². The molecule has 0 atom stereocenters. The van der Waals surface area contributed by atoms with E-state index in [1.54, 1.807) is 6.07 Å². The second-order valence-corrected chi connectivity index (χ2v) is 4.95. The van der Waals surface area contributed by atoms with E-state index in [0.29, 0.717) is 5.56 Å². The maximum absolute atomic E-state index is 13.3. The predicted molar refractivity (Wildman–Crippen MR) is 62.1 cm³/mol. The fourth-order valence-corrected chi connectivity index (χ4v) is 2.61. The first-order valence-electron chi connectivity index (χ1n) is 6.08. The molecule has 19 heavy (non-hydrogen) atoms. The van der Waals surface area contributed by atoms with Gasteiger partial charge in [0.15, 0.2) is 0 Å². The smallest absolute Gasteiger partial charge is 0.317 e. The molecule has 0 aromatic carbocycles. The first kappa shape index (κ1) is 14.0. The summed E-state index contributed by atoms with van der Waals surface area (Å²) in [5, 5.41) is 9.48. The van der Waals surface area contributed by atoms with Crippen molar-refractivity contribution >= 4 is 5.97 Å². The highest BCUT2D eigenvalue weighted by molar-refractivity contribution is 5.81. The summed E-state index contributed by atoms with van der Waals surface area (Å²) in [6.45, 7) is 0.206. The zero-order valence-corrected chi connectivity index (χ0v) is 10.6. The van der Waals surface area contributed by atoms with Gasteiger partial charge in [0, 0.05) is 25.5 Å². The third kappa shape index (κ3) is 2.49. The molecule has 106 valence electrons. The van der Waals surface area contributed by atoms with Gasteiger partial charge in [-0.1, -0.05) is 0 Å². The number of carbonyl (C=O) groups is 1. The van der Waals surface area contributed by atoms with Crippen LogP contribution in [0.15, 0.2) is 16.7 Å². The Labute approximate surface area is 109 Å². The highest BCUT2D eigenvalue weighted by Gasteiger charge is 2.51. The first-order chi connectivity index (χ1) is 8.91. The van der Waals surface area contributed by atoms with E-state index in [1.165, 1.54) is 13.4 Å². The molecule has 0 amide bonds. The van der Waals surface area contributed by atoms with Gasteiger partial charge in [-0.3, -0.25) is 4.79 Å². The number of furan rings is 1. The number of hydrogen-bond acceptors (Lipinski definition) is 3. The molecule has 1 saturated carbocycles. The maximum atomic E-state index is 13.3. The van der Waals surface area contributed by atoms with E-state index in [2.05, 4.69) is 0 Å². The molecule has 6 heteroatoms. The van der Waals surface area contributed by atoms with Crippen molar-refractivity contribution in [2.24, 2.45) is 0 Å². The van der Waals surface area contributed by atoms with Crippen LogP contribution in [0.3, 0.4) is 0 Å². The molecule has 1 aromatic heterocycles. The third-order valence-electron chi connectivity index (χ3n) is 3.73. The summed E-state index contributed by atoms with van der Waals surface area (Å²) in [5.41, 5.74) is -0.755. The Morgan fingerprint density at radius 3 is 2.58 bits per heavy atom. The van der Waals surface area contributed by atoms with E-state index in [0.717, 1.165) is 0 Å². The second-order valence-electron chi connectivity index (χ2n) is 4.95. The summed E-state index contributed by atoms with van der Waals surface area (Å²) in [4.78, 5) is 11.6. The molecule has 0 unspecified atom stereocenters. The van der Waals surface area contributed by atoms with Crippen molar-refractivity contribution in [2.75, 3.05) is 7.11 Å². The van der Waals surface area contributed by atoms with E-state index in [9.17, 15) is 18.7 Å². The zero-order chi connectivity index (χ0) is 14.1. The molecule has 2 rings (SSSR count). The molecular formula is C13H16F2O4. The lowest BCUT2D eigenvalue weighted by molar-refractivity contribution is -0.150. The van der Waals surface area contributed by atoms with Gasteiger partial charge in [-0.2, -0.15) is 0 Å². The SMILES string of the molecule is COCc1ccoc1C1(C(=O)O)CCC(F)(F)CC1. The van der Waals surface area contributed by atoms with Gasteiger partial charge in [0.1, 0.15) is 11.2 Å². The minimum absolute atomic E-state index is 0.125. The average molecular weight is 274 g/mol. The Morgan fingerprint density at radius 2 is 2.05 bits per heavy atom. The van der Waals surface area contributed by atoms with Crippen molar-refractivity contribution in [1.82, 2.24) is 0 Å². The lowest BCUT2D eigenvalue weighted by Crippen LogP contribution is -2.43. The van der Waals surface area contributed by atoms with E-state index in [1.807, 2.05) is 0 Å². The molecule has 1 heterocycles. The number of methoxy groups -OCH3 is 1. The Kier molecular flexibility index (Phi) is 3.62. The maximum Gasteiger partial charge on any atom is 0.317 e. The van der Waals surface area contributed by atoms with Crippen molar-refractivity contribution < 1.29 is 27.8 Å². The van der Waals surface area contributed by atoms with Crippen LogP contribution >= 0.6 is 0 Å². The number of aliphatic carboxylic acids is 1. The Morgan fingerprint density at radius 1 is 1.42 bits per heavy atom. The van der Waals surface area contributed by atoms with Gasteiger partial charge in [0.25, 0.3) is 0 Å². The van der Waals surface area contributed by atoms with Gasteiger partial charge in [0.2, 0.25) is 5.92 Å². The number of ether oxygens (including phenoxy) is 1. The Balaban J connectivity index is 2.35.